The molecule has 1 atom stereocenters. The molecule has 8 heteroatoms. The third-order valence-electron chi connectivity index (χ3n) is 5.21. The third kappa shape index (κ3) is 5.29. The molecule has 0 aliphatic rings. The van der Waals surface area contributed by atoms with Gasteiger partial charge in [-0.05, 0) is 66.9 Å². The average molecular weight is 477 g/mol. The molecule has 0 saturated carbocycles. The SMILES string of the molecule is COc1ccc(O[C@H](C)C(=O)Nc2ccc(S(=O)(=O)Nc3cccc4ccccc34)cc2)cc1. The maximum absolute atomic E-state index is 12.9. The molecule has 7 nitrogen and oxygen atoms in total. The van der Waals surface area contributed by atoms with E-state index in [2.05, 4.69) is 10.0 Å². The van der Waals surface area contributed by atoms with Crippen molar-refractivity contribution < 1.29 is 22.7 Å². The predicted octanol–water partition coefficient (Wildman–Crippen LogP) is 5.06. The Hall–Kier alpha value is -4.04. The van der Waals surface area contributed by atoms with Crippen LogP contribution in [0.3, 0.4) is 0 Å². The topological polar surface area (TPSA) is 93.7 Å². The summed E-state index contributed by atoms with van der Waals surface area (Å²) in [6.45, 7) is 1.63. The standard InChI is InChI=1S/C26H24N2O5S/c1-18(33-22-14-12-21(32-2)13-15-22)26(29)27-20-10-16-23(17-11-20)34(30,31)28-25-9-5-7-19-6-3-4-8-24(19)25/h3-18,28H,1-2H3,(H,27,29)/t18-/m1/s1. The zero-order valence-corrected chi connectivity index (χ0v) is 19.5. The van der Waals surface area contributed by atoms with Crippen LogP contribution < -0.4 is 19.5 Å². The van der Waals surface area contributed by atoms with Crippen molar-refractivity contribution in [2.45, 2.75) is 17.9 Å². The van der Waals surface area contributed by atoms with Crippen molar-refractivity contribution in [3.8, 4) is 11.5 Å². The van der Waals surface area contributed by atoms with E-state index in [0.717, 1.165) is 10.8 Å². The van der Waals surface area contributed by atoms with Crippen LogP contribution in [-0.2, 0) is 14.8 Å². The van der Waals surface area contributed by atoms with Crippen molar-refractivity contribution >= 4 is 38.1 Å². The van der Waals surface area contributed by atoms with Gasteiger partial charge in [-0.3, -0.25) is 9.52 Å². The molecule has 0 aromatic heterocycles. The fraction of sp³-hybridized carbons (Fsp3) is 0.115. The molecule has 4 aromatic carbocycles. The largest absolute Gasteiger partial charge is 0.497 e. The van der Waals surface area contributed by atoms with E-state index in [1.165, 1.54) is 24.3 Å². The molecule has 0 aliphatic carbocycles. The Kier molecular flexibility index (Phi) is 6.70. The molecule has 0 saturated heterocycles. The summed E-state index contributed by atoms with van der Waals surface area (Å²) in [5.41, 5.74) is 0.958. The molecule has 0 unspecified atom stereocenters. The molecule has 0 bridgehead atoms. The predicted molar refractivity (Wildman–Crippen MR) is 133 cm³/mol. The fourth-order valence-corrected chi connectivity index (χ4v) is 4.47. The van der Waals surface area contributed by atoms with E-state index in [1.54, 1.807) is 50.4 Å². The monoisotopic (exact) mass is 476 g/mol. The number of hydrogen-bond acceptors (Lipinski definition) is 5. The van der Waals surface area contributed by atoms with Gasteiger partial charge in [0.15, 0.2) is 6.10 Å². The van der Waals surface area contributed by atoms with Gasteiger partial charge in [-0.1, -0.05) is 36.4 Å². The molecule has 34 heavy (non-hydrogen) atoms. The Morgan fingerprint density at radius 1 is 0.824 bits per heavy atom. The van der Waals surface area contributed by atoms with E-state index >= 15 is 0 Å². The summed E-state index contributed by atoms with van der Waals surface area (Å²) in [6, 6.07) is 25.9. The number of fused-ring (bicyclic) bond motifs is 1. The summed E-state index contributed by atoms with van der Waals surface area (Å²) in [6.07, 6.45) is -0.759. The van der Waals surface area contributed by atoms with Crippen molar-refractivity contribution in [1.82, 2.24) is 0 Å². The molecule has 174 valence electrons. The van der Waals surface area contributed by atoms with E-state index in [9.17, 15) is 13.2 Å². The number of nitrogens with one attached hydrogen (secondary N) is 2. The lowest BCUT2D eigenvalue weighted by atomic mass is 10.1. The van der Waals surface area contributed by atoms with Gasteiger partial charge in [-0.25, -0.2) is 8.42 Å². The molecule has 0 fully saturated rings. The normalized spacial score (nSPS) is 12.1. The summed E-state index contributed by atoms with van der Waals surface area (Å²) in [5, 5.41) is 4.48. The lowest BCUT2D eigenvalue weighted by molar-refractivity contribution is -0.122. The molecule has 4 rings (SSSR count). The number of sulfonamides is 1. The van der Waals surface area contributed by atoms with E-state index in [4.69, 9.17) is 9.47 Å². The molecule has 2 N–H and O–H groups in total. The average Bonchev–Trinajstić information content (AvgIpc) is 2.85. The van der Waals surface area contributed by atoms with Crippen molar-refractivity contribution in [3.05, 3.63) is 91.0 Å². The van der Waals surface area contributed by atoms with E-state index < -0.39 is 16.1 Å². The highest BCUT2D eigenvalue weighted by molar-refractivity contribution is 7.92. The lowest BCUT2D eigenvalue weighted by Gasteiger charge is -2.15. The minimum atomic E-state index is -3.81. The maximum atomic E-state index is 12.9. The second-order valence-corrected chi connectivity index (χ2v) is 9.26. The maximum Gasteiger partial charge on any atom is 0.265 e. The third-order valence-corrected chi connectivity index (χ3v) is 6.59. The lowest BCUT2D eigenvalue weighted by Crippen LogP contribution is -2.30. The minimum Gasteiger partial charge on any atom is -0.497 e. The molecular weight excluding hydrogens is 452 g/mol. The molecule has 0 aliphatic heterocycles. The van der Waals surface area contributed by atoms with Gasteiger partial charge in [0.2, 0.25) is 0 Å². The quantitative estimate of drug-likeness (QED) is 0.371. The van der Waals surface area contributed by atoms with Crippen LogP contribution >= 0.6 is 0 Å². The summed E-state index contributed by atoms with van der Waals surface area (Å²) < 4.78 is 39.2. The molecular formula is C26H24N2O5S. The highest BCUT2D eigenvalue weighted by atomic mass is 32.2. The van der Waals surface area contributed by atoms with Crippen LogP contribution in [0.2, 0.25) is 0 Å². The Morgan fingerprint density at radius 2 is 1.47 bits per heavy atom. The number of rotatable bonds is 8. The number of carbonyl (C=O) groups excluding carboxylic acids is 1. The Labute approximate surface area is 198 Å². The van der Waals surface area contributed by atoms with Gasteiger partial charge < -0.3 is 14.8 Å². The Balaban J connectivity index is 1.42. The summed E-state index contributed by atoms with van der Waals surface area (Å²) in [5.74, 6) is 0.860. The fourth-order valence-electron chi connectivity index (χ4n) is 3.39. The van der Waals surface area contributed by atoms with E-state index in [0.29, 0.717) is 22.9 Å². The number of hydrogen-bond donors (Lipinski definition) is 2. The number of ether oxygens (including phenoxy) is 2. The second-order valence-electron chi connectivity index (χ2n) is 7.58. The molecule has 0 radical (unpaired) electrons. The number of amides is 1. The van der Waals surface area contributed by atoms with Crippen LogP contribution in [-0.4, -0.2) is 27.5 Å². The Morgan fingerprint density at radius 3 is 2.18 bits per heavy atom. The first-order valence-electron chi connectivity index (χ1n) is 10.6. The van der Waals surface area contributed by atoms with Gasteiger partial charge >= 0.3 is 0 Å². The molecule has 0 spiro atoms. The zero-order valence-electron chi connectivity index (χ0n) is 18.7. The van der Waals surface area contributed by atoms with Gasteiger partial charge in [0.05, 0.1) is 17.7 Å². The van der Waals surface area contributed by atoms with E-state index in [1.807, 2.05) is 30.3 Å². The number of anilines is 2. The van der Waals surface area contributed by atoms with Gasteiger partial charge in [0.25, 0.3) is 15.9 Å². The minimum absolute atomic E-state index is 0.0842. The van der Waals surface area contributed by atoms with Crippen LogP contribution in [0.1, 0.15) is 6.92 Å². The molecule has 0 heterocycles. The van der Waals surface area contributed by atoms with Crippen molar-refractivity contribution in [2.24, 2.45) is 0 Å². The van der Waals surface area contributed by atoms with Crippen molar-refractivity contribution in [3.63, 3.8) is 0 Å². The first-order valence-corrected chi connectivity index (χ1v) is 12.1. The summed E-state index contributed by atoms with van der Waals surface area (Å²) in [4.78, 5) is 12.6. The first kappa shape index (κ1) is 23.1. The van der Waals surface area contributed by atoms with Crippen LogP contribution in [0.4, 0.5) is 11.4 Å². The van der Waals surface area contributed by atoms with Crippen molar-refractivity contribution in [2.75, 3.05) is 17.1 Å². The Bertz CT molecular complexity index is 1400. The van der Waals surface area contributed by atoms with Gasteiger partial charge in [-0.2, -0.15) is 0 Å². The van der Waals surface area contributed by atoms with Crippen LogP contribution in [0.15, 0.2) is 95.9 Å². The van der Waals surface area contributed by atoms with Gasteiger partial charge in [-0.15, -0.1) is 0 Å². The van der Waals surface area contributed by atoms with E-state index in [-0.39, 0.29) is 10.8 Å². The van der Waals surface area contributed by atoms with Crippen molar-refractivity contribution in [1.29, 1.82) is 0 Å². The second kappa shape index (κ2) is 9.84. The molecule has 4 aromatic rings. The number of methoxy groups -OCH3 is 1. The van der Waals surface area contributed by atoms with Gasteiger partial charge in [0.1, 0.15) is 11.5 Å². The van der Waals surface area contributed by atoms with Crippen LogP contribution in [0.25, 0.3) is 10.8 Å². The summed E-state index contributed by atoms with van der Waals surface area (Å²) >= 11 is 0. The number of benzene rings is 4. The van der Waals surface area contributed by atoms with Crippen LogP contribution in [0, 0.1) is 0 Å². The highest BCUT2D eigenvalue weighted by Crippen LogP contribution is 2.26. The zero-order chi connectivity index (χ0) is 24.1. The van der Waals surface area contributed by atoms with Crippen LogP contribution in [0.5, 0.6) is 11.5 Å². The summed E-state index contributed by atoms with van der Waals surface area (Å²) in [7, 11) is -2.24. The first-order chi connectivity index (χ1) is 16.4. The molecule has 1 amide bonds. The number of carbonyl (C=O) groups is 1. The highest BCUT2D eigenvalue weighted by Gasteiger charge is 2.18. The smallest absolute Gasteiger partial charge is 0.265 e. The van der Waals surface area contributed by atoms with Gasteiger partial charge in [0, 0.05) is 11.1 Å².